The summed E-state index contributed by atoms with van der Waals surface area (Å²) in [6.07, 6.45) is 3.65. The zero-order valence-electron chi connectivity index (χ0n) is 15.7. The number of aromatic nitrogens is 3. The predicted molar refractivity (Wildman–Crippen MR) is 106 cm³/mol. The van der Waals surface area contributed by atoms with Gasteiger partial charge in [-0.2, -0.15) is 10.1 Å². The van der Waals surface area contributed by atoms with E-state index in [1.54, 1.807) is 6.33 Å². The van der Waals surface area contributed by atoms with Crippen LogP contribution in [0.5, 0.6) is 0 Å². The van der Waals surface area contributed by atoms with Crippen molar-refractivity contribution < 1.29 is 4.79 Å². The Bertz CT molecular complexity index is 917. The van der Waals surface area contributed by atoms with Gasteiger partial charge in [0.1, 0.15) is 6.33 Å². The first-order valence-corrected chi connectivity index (χ1v) is 9.52. The third-order valence-corrected chi connectivity index (χ3v) is 5.20. The van der Waals surface area contributed by atoms with Crippen LogP contribution in [-0.2, 0) is 4.79 Å². The van der Waals surface area contributed by atoms with Gasteiger partial charge in [0.05, 0.1) is 12.1 Å². The van der Waals surface area contributed by atoms with E-state index in [0.29, 0.717) is 12.4 Å². The average Bonchev–Trinajstić information content (AvgIpc) is 3.18. The molecular weight excluding hydrogens is 336 g/mol. The molecule has 0 radical (unpaired) electrons. The molecule has 0 saturated heterocycles. The number of benzene rings is 2. The first-order valence-electron chi connectivity index (χ1n) is 9.52. The van der Waals surface area contributed by atoms with Crippen molar-refractivity contribution in [3.05, 3.63) is 77.6 Å². The highest BCUT2D eigenvalue weighted by Gasteiger charge is 2.38. The molecule has 1 amide bonds. The Morgan fingerprint density at radius 2 is 1.74 bits per heavy atom. The maximum Gasteiger partial charge on any atom is 0.231 e. The second-order valence-corrected chi connectivity index (χ2v) is 7.11. The summed E-state index contributed by atoms with van der Waals surface area (Å²) in [6.45, 7) is 4.11. The van der Waals surface area contributed by atoms with E-state index in [-0.39, 0.29) is 18.0 Å². The first kappa shape index (κ1) is 17.5. The zero-order chi connectivity index (χ0) is 18.8. The maximum absolute atomic E-state index is 13.0. The number of nitrogens with zero attached hydrogens (tertiary/aromatic N) is 4. The molecule has 4 rings (SSSR count). The van der Waals surface area contributed by atoms with Crippen molar-refractivity contribution in [2.75, 3.05) is 4.90 Å². The van der Waals surface area contributed by atoms with E-state index in [4.69, 9.17) is 0 Å². The Hall–Kier alpha value is -2.95. The molecule has 1 aliphatic heterocycles. The highest BCUT2D eigenvalue weighted by molar-refractivity contribution is 5.92. The molecule has 0 fully saturated rings. The minimum Gasteiger partial charge on any atom is -0.274 e. The lowest BCUT2D eigenvalue weighted by Crippen LogP contribution is -2.42. The van der Waals surface area contributed by atoms with Crippen LogP contribution in [0.4, 0.5) is 5.95 Å². The Labute approximate surface area is 159 Å². The van der Waals surface area contributed by atoms with Crippen LogP contribution >= 0.6 is 0 Å². The Morgan fingerprint density at radius 1 is 1.04 bits per heavy atom. The second-order valence-electron chi connectivity index (χ2n) is 7.11. The van der Waals surface area contributed by atoms with Crippen LogP contribution < -0.4 is 4.90 Å². The van der Waals surface area contributed by atoms with Gasteiger partial charge < -0.3 is 0 Å². The summed E-state index contributed by atoms with van der Waals surface area (Å²) >= 11 is 0. The van der Waals surface area contributed by atoms with Gasteiger partial charge in [0.2, 0.25) is 11.9 Å². The van der Waals surface area contributed by atoms with Crippen LogP contribution in [0.15, 0.2) is 60.9 Å². The van der Waals surface area contributed by atoms with Crippen molar-refractivity contribution in [2.24, 2.45) is 0 Å². The normalized spacial score (nSPS) is 19.0. The van der Waals surface area contributed by atoms with E-state index >= 15 is 0 Å². The summed E-state index contributed by atoms with van der Waals surface area (Å²) in [7, 11) is 0. The number of amides is 1. The van der Waals surface area contributed by atoms with Crippen molar-refractivity contribution in [2.45, 2.75) is 45.2 Å². The third kappa shape index (κ3) is 3.25. The molecule has 27 heavy (non-hydrogen) atoms. The van der Waals surface area contributed by atoms with Gasteiger partial charge in [-0.05, 0) is 30.9 Å². The lowest BCUT2D eigenvalue weighted by atomic mass is 9.91. The van der Waals surface area contributed by atoms with Crippen molar-refractivity contribution >= 4 is 11.9 Å². The molecule has 2 heterocycles. The van der Waals surface area contributed by atoms with E-state index in [1.807, 2.05) is 34.7 Å². The van der Waals surface area contributed by atoms with Gasteiger partial charge in [-0.1, -0.05) is 67.1 Å². The number of carbonyl (C=O) groups excluding carboxylic acids is 1. The Balaban J connectivity index is 1.82. The van der Waals surface area contributed by atoms with Crippen molar-refractivity contribution in [3.63, 3.8) is 0 Å². The SMILES string of the molecule is CCCC(=O)N1c2ncnn2C(c2ccc(C)cc2)CC1c1ccccc1. The molecule has 2 atom stereocenters. The average molecular weight is 360 g/mol. The largest absolute Gasteiger partial charge is 0.274 e. The fourth-order valence-electron chi connectivity index (χ4n) is 3.84. The summed E-state index contributed by atoms with van der Waals surface area (Å²) in [5.41, 5.74) is 3.55. The fourth-order valence-corrected chi connectivity index (χ4v) is 3.84. The summed E-state index contributed by atoms with van der Waals surface area (Å²) in [5.74, 6) is 0.738. The third-order valence-electron chi connectivity index (χ3n) is 5.20. The van der Waals surface area contributed by atoms with Gasteiger partial charge in [-0.15, -0.1) is 0 Å². The number of aryl methyl sites for hydroxylation is 1. The van der Waals surface area contributed by atoms with E-state index < -0.39 is 0 Å². The second kappa shape index (κ2) is 7.35. The maximum atomic E-state index is 13.0. The van der Waals surface area contributed by atoms with Gasteiger partial charge >= 0.3 is 0 Å². The lowest BCUT2D eigenvalue weighted by Gasteiger charge is -2.39. The molecule has 5 nitrogen and oxygen atoms in total. The highest BCUT2D eigenvalue weighted by Crippen LogP contribution is 2.42. The summed E-state index contributed by atoms with van der Waals surface area (Å²) in [4.78, 5) is 19.3. The monoisotopic (exact) mass is 360 g/mol. The topological polar surface area (TPSA) is 51.0 Å². The molecule has 0 N–H and O–H groups in total. The van der Waals surface area contributed by atoms with Crippen LogP contribution in [0.3, 0.4) is 0 Å². The molecule has 0 spiro atoms. The number of rotatable bonds is 4. The number of carbonyl (C=O) groups is 1. The predicted octanol–water partition coefficient (Wildman–Crippen LogP) is 4.45. The van der Waals surface area contributed by atoms with Gasteiger partial charge in [-0.3, -0.25) is 9.69 Å². The Kier molecular flexibility index (Phi) is 4.75. The first-order chi connectivity index (χ1) is 13.2. The lowest BCUT2D eigenvalue weighted by molar-refractivity contribution is -0.119. The summed E-state index contributed by atoms with van der Waals surface area (Å²) in [6, 6.07) is 18.8. The molecule has 2 unspecified atom stereocenters. The molecule has 0 saturated carbocycles. The number of hydrogen-bond donors (Lipinski definition) is 0. The van der Waals surface area contributed by atoms with Crippen LogP contribution in [-0.4, -0.2) is 20.7 Å². The zero-order valence-corrected chi connectivity index (χ0v) is 15.7. The molecule has 1 aromatic heterocycles. The molecular formula is C22H24N4O. The van der Waals surface area contributed by atoms with Crippen molar-refractivity contribution in [1.29, 1.82) is 0 Å². The summed E-state index contributed by atoms with van der Waals surface area (Å²) in [5, 5.41) is 4.47. The quantitative estimate of drug-likeness (QED) is 0.690. The molecule has 2 aromatic carbocycles. The number of fused-ring (bicyclic) bond motifs is 1. The van der Waals surface area contributed by atoms with E-state index in [2.05, 4.69) is 53.4 Å². The van der Waals surface area contributed by atoms with Gasteiger partial charge in [0.25, 0.3) is 0 Å². The van der Waals surface area contributed by atoms with Crippen molar-refractivity contribution in [3.8, 4) is 0 Å². The van der Waals surface area contributed by atoms with Crippen LogP contribution in [0.25, 0.3) is 0 Å². The molecule has 0 aliphatic carbocycles. The molecule has 138 valence electrons. The van der Waals surface area contributed by atoms with E-state index in [0.717, 1.165) is 18.4 Å². The minimum atomic E-state index is -0.0479. The summed E-state index contributed by atoms with van der Waals surface area (Å²) < 4.78 is 1.90. The molecule has 0 bridgehead atoms. The Morgan fingerprint density at radius 3 is 2.44 bits per heavy atom. The fraction of sp³-hybridized carbons (Fsp3) is 0.318. The van der Waals surface area contributed by atoms with E-state index in [1.165, 1.54) is 11.1 Å². The molecule has 5 heteroatoms. The molecule has 3 aromatic rings. The van der Waals surface area contributed by atoms with Gasteiger partial charge in [-0.25, -0.2) is 4.68 Å². The number of anilines is 1. The highest BCUT2D eigenvalue weighted by atomic mass is 16.2. The smallest absolute Gasteiger partial charge is 0.231 e. The van der Waals surface area contributed by atoms with Crippen LogP contribution in [0.2, 0.25) is 0 Å². The van der Waals surface area contributed by atoms with Crippen LogP contribution in [0, 0.1) is 6.92 Å². The van der Waals surface area contributed by atoms with E-state index in [9.17, 15) is 4.79 Å². The standard InChI is InChI=1S/C22H24N4O/c1-3-7-21(27)25-19(17-8-5-4-6-9-17)14-20(26-22(25)23-15-24-26)18-12-10-16(2)11-13-18/h4-6,8-13,15,19-20H,3,7,14H2,1-2H3. The molecule has 1 aliphatic rings. The van der Waals surface area contributed by atoms with Gasteiger partial charge in [0.15, 0.2) is 0 Å². The van der Waals surface area contributed by atoms with Crippen LogP contribution in [0.1, 0.15) is 55.0 Å². The minimum absolute atomic E-state index is 0.0479. The van der Waals surface area contributed by atoms with Crippen molar-refractivity contribution in [1.82, 2.24) is 14.8 Å². The number of hydrogen-bond acceptors (Lipinski definition) is 3. The van der Waals surface area contributed by atoms with Gasteiger partial charge in [0, 0.05) is 6.42 Å².